The van der Waals surface area contributed by atoms with Crippen LogP contribution in [0.5, 0.6) is 17.2 Å². The molecular weight excluding hydrogens is 342 g/mol. The molecule has 0 atom stereocenters. The normalized spacial score (nSPS) is 10.7. The van der Waals surface area contributed by atoms with Crippen molar-refractivity contribution in [3.05, 3.63) is 59.2 Å². The van der Waals surface area contributed by atoms with Gasteiger partial charge in [-0.25, -0.2) is 0 Å². The second-order valence-electron chi connectivity index (χ2n) is 6.37. The van der Waals surface area contributed by atoms with Crippen molar-refractivity contribution in [3.8, 4) is 17.2 Å². The Balaban J connectivity index is 1.90. The summed E-state index contributed by atoms with van der Waals surface area (Å²) in [5, 5.41) is 0. The summed E-state index contributed by atoms with van der Waals surface area (Å²) in [5.41, 5.74) is 3.13. The fraction of sp³-hybridized carbons (Fsp3) is 0.318. The second-order valence-corrected chi connectivity index (χ2v) is 6.37. The van der Waals surface area contributed by atoms with E-state index in [1.807, 2.05) is 38.1 Å². The minimum atomic E-state index is -0.100. The number of rotatable bonds is 8. The van der Waals surface area contributed by atoms with E-state index in [-0.39, 0.29) is 5.91 Å². The molecule has 144 valence electrons. The lowest BCUT2D eigenvalue weighted by atomic mass is 10.1. The van der Waals surface area contributed by atoms with Crippen LogP contribution >= 0.6 is 0 Å². The predicted molar refractivity (Wildman–Crippen MR) is 108 cm³/mol. The topological polar surface area (TPSA) is 48.0 Å². The molecule has 2 aromatic rings. The Hall–Kier alpha value is -2.95. The highest BCUT2D eigenvalue weighted by Crippen LogP contribution is 2.25. The molecule has 2 rings (SSSR count). The van der Waals surface area contributed by atoms with Crippen molar-refractivity contribution >= 4 is 12.0 Å². The van der Waals surface area contributed by atoms with Gasteiger partial charge in [0.15, 0.2) is 0 Å². The smallest absolute Gasteiger partial charge is 0.246 e. The zero-order valence-corrected chi connectivity index (χ0v) is 16.6. The number of methoxy groups -OCH3 is 2. The molecule has 0 aromatic heterocycles. The number of ether oxygens (including phenoxy) is 3. The molecule has 5 heteroatoms. The number of hydrogen-bond donors (Lipinski definition) is 0. The van der Waals surface area contributed by atoms with Crippen molar-refractivity contribution in [1.29, 1.82) is 0 Å². The summed E-state index contributed by atoms with van der Waals surface area (Å²) < 4.78 is 16.3. The highest BCUT2D eigenvalue weighted by molar-refractivity contribution is 5.92. The molecule has 0 unspecified atom stereocenters. The van der Waals surface area contributed by atoms with Crippen LogP contribution in [0, 0.1) is 13.8 Å². The van der Waals surface area contributed by atoms with Crippen molar-refractivity contribution in [2.45, 2.75) is 13.8 Å². The fourth-order valence-corrected chi connectivity index (χ4v) is 2.67. The molecule has 0 radical (unpaired) electrons. The minimum absolute atomic E-state index is 0.100. The van der Waals surface area contributed by atoms with Gasteiger partial charge in [-0.05, 0) is 55.3 Å². The minimum Gasteiger partial charge on any atom is -0.497 e. The van der Waals surface area contributed by atoms with E-state index < -0.39 is 0 Å². The molecule has 0 heterocycles. The van der Waals surface area contributed by atoms with Crippen LogP contribution in [0.1, 0.15) is 16.7 Å². The number of likely N-dealkylation sites (N-methyl/N-ethyl adjacent to an activating group) is 1. The van der Waals surface area contributed by atoms with E-state index in [1.54, 1.807) is 38.3 Å². The van der Waals surface area contributed by atoms with Crippen molar-refractivity contribution in [3.63, 3.8) is 0 Å². The molecule has 0 N–H and O–H groups in total. The van der Waals surface area contributed by atoms with Crippen molar-refractivity contribution in [1.82, 2.24) is 4.90 Å². The first kappa shape index (κ1) is 20.4. The Labute approximate surface area is 161 Å². The van der Waals surface area contributed by atoms with Gasteiger partial charge in [0.05, 0.1) is 20.8 Å². The van der Waals surface area contributed by atoms with Crippen LogP contribution < -0.4 is 14.2 Å². The van der Waals surface area contributed by atoms with Gasteiger partial charge in [0.2, 0.25) is 5.91 Å². The summed E-state index contributed by atoms with van der Waals surface area (Å²) in [7, 11) is 4.94. The zero-order valence-electron chi connectivity index (χ0n) is 16.6. The SMILES string of the molecule is COc1ccc(/C=C/C(=O)N(C)CCOc2cc(C)cc(C)c2)c(OC)c1. The number of aryl methyl sites for hydroxylation is 2. The largest absolute Gasteiger partial charge is 0.497 e. The van der Waals surface area contributed by atoms with E-state index in [0.717, 1.165) is 22.4 Å². The average Bonchev–Trinajstić information content (AvgIpc) is 2.65. The molecule has 0 aliphatic heterocycles. The van der Waals surface area contributed by atoms with Crippen LogP contribution in [0.4, 0.5) is 0 Å². The van der Waals surface area contributed by atoms with Gasteiger partial charge >= 0.3 is 0 Å². The molecule has 0 bridgehead atoms. The van der Waals surface area contributed by atoms with Gasteiger partial charge in [0.1, 0.15) is 23.9 Å². The summed E-state index contributed by atoms with van der Waals surface area (Å²) in [6, 6.07) is 11.5. The Bertz CT molecular complexity index is 794. The molecule has 1 amide bonds. The monoisotopic (exact) mass is 369 g/mol. The maximum absolute atomic E-state index is 12.3. The van der Waals surface area contributed by atoms with Gasteiger partial charge in [-0.2, -0.15) is 0 Å². The maximum Gasteiger partial charge on any atom is 0.246 e. The van der Waals surface area contributed by atoms with Gasteiger partial charge in [-0.1, -0.05) is 6.07 Å². The average molecular weight is 369 g/mol. The molecule has 2 aromatic carbocycles. The van der Waals surface area contributed by atoms with Crippen LogP contribution in [-0.4, -0.2) is 45.2 Å². The summed E-state index contributed by atoms with van der Waals surface area (Å²) in [6.45, 7) is 5.00. The summed E-state index contributed by atoms with van der Waals surface area (Å²) in [5.74, 6) is 2.08. The van der Waals surface area contributed by atoms with Crippen LogP contribution in [0.2, 0.25) is 0 Å². The first-order valence-electron chi connectivity index (χ1n) is 8.79. The lowest BCUT2D eigenvalue weighted by Gasteiger charge is -2.16. The number of carbonyl (C=O) groups is 1. The Morgan fingerprint density at radius 1 is 1.00 bits per heavy atom. The molecule has 27 heavy (non-hydrogen) atoms. The highest BCUT2D eigenvalue weighted by Gasteiger charge is 2.07. The first-order chi connectivity index (χ1) is 12.9. The van der Waals surface area contributed by atoms with Crippen LogP contribution in [0.25, 0.3) is 6.08 Å². The summed E-state index contributed by atoms with van der Waals surface area (Å²) >= 11 is 0. The fourth-order valence-electron chi connectivity index (χ4n) is 2.67. The predicted octanol–water partition coefficient (Wildman–Crippen LogP) is 3.87. The van der Waals surface area contributed by atoms with E-state index in [9.17, 15) is 4.79 Å². The van der Waals surface area contributed by atoms with E-state index in [0.29, 0.717) is 24.7 Å². The summed E-state index contributed by atoms with van der Waals surface area (Å²) in [4.78, 5) is 13.9. The lowest BCUT2D eigenvalue weighted by molar-refractivity contribution is -0.125. The number of benzene rings is 2. The number of amides is 1. The molecule has 0 fully saturated rings. The van der Waals surface area contributed by atoms with Gasteiger partial charge < -0.3 is 19.1 Å². The van der Waals surface area contributed by atoms with Crippen molar-refractivity contribution in [2.24, 2.45) is 0 Å². The Kier molecular flexibility index (Phi) is 7.29. The van der Waals surface area contributed by atoms with Crippen LogP contribution in [0.15, 0.2) is 42.5 Å². The number of nitrogens with zero attached hydrogens (tertiary/aromatic N) is 1. The Morgan fingerprint density at radius 3 is 2.33 bits per heavy atom. The van der Waals surface area contributed by atoms with Gasteiger partial charge in [0.25, 0.3) is 0 Å². The van der Waals surface area contributed by atoms with Crippen molar-refractivity contribution in [2.75, 3.05) is 34.4 Å². The molecular formula is C22H27NO4. The van der Waals surface area contributed by atoms with E-state index in [4.69, 9.17) is 14.2 Å². The third-order valence-corrected chi connectivity index (χ3v) is 4.11. The molecule has 0 saturated carbocycles. The molecule has 5 nitrogen and oxygen atoms in total. The van der Waals surface area contributed by atoms with E-state index in [2.05, 4.69) is 6.07 Å². The Morgan fingerprint density at radius 2 is 1.70 bits per heavy atom. The quantitative estimate of drug-likeness (QED) is 0.663. The molecule has 0 spiro atoms. The highest BCUT2D eigenvalue weighted by atomic mass is 16.5. The van der Waals surface area contributed by atoms with Crippen LogP contribution in [0.3, 0.4) is 0 Å². The van der Waals surface area contributed by atoms with E-state index >= 15 is 0 Å². The summed E-state index contributed by atoms with van der Waals surface area (Å²) in [6.07, 6.45) is 3.27. The molecule has 0 saturated heterocycles. The van der Waals surface area contributed by atoms with E-state index in [1.165, 1.54) is 6.08 Å². The van der Waals surface area contributed by atoms with Gasteiger partial charge in [0, 0.05) is 24.8 Å². The van der Waals surface area contributed by atoms with Crippen molar-refractivity contribution < 1.29 is 19.0 Å². The van der Waals surface area contributed by atoms with Gasteiger partial charge in [-0.3, -0.25) is 4.79 Å². The number of carbonyl (C=O) groups excluding carboxylic acids is 1. The van der Waals surface area contributed by atoms with Gasteiger partial charge in [-0.15, -0.1) is 0 Å². The zero-order chi connectivity index (χ0) is 19.8. The first-order valence-corrected chi connectivity index (χ1v) is 8.79. The number of hydrogen-bond acceptors (Lipinski definition) is 4. The standard InChI is InChI=1S/C22H27NO4/c1-16-12-17(2)14-20(13-16)27-11-10-23(3)22(24)9-7-18-6-8-19(25-4)15-21(18)26-5/h6-9,12-15H,10-11H2,1-5H3/b9-7+. The third-order valence-electron chi connectivity index (χ3n) is 4.11. The molecule has 0 aliphatic rings. The molecule has 0 aliphatic carbocycles. The lowest BCUT2D eigenvalue weighted by Crippen LogP contribution is -2.29. The van der Waals surface area contributed by atoms with Crippen LogP contribution in [-0.2, 0) is 4.79 Å². The second kappa shape index (κ2) is 9.67. The third kappa shape index (κ3) is 6.06. The maximum atomic E-state index is 12.3.